The van der Waals surface area contributed by atoms with Crippen LogP contribution in [0.15, 0.2) is 12.1 Å². The monoisotopic (exact) mass is 277 g/mol. The van der Waals surface area contributed by atoms with Gasteiger partial charge in [-0.2, -0.15) is 4.98 Å². The summed E-state index contributed by atoms with van der Waals surface area (Å²) in [4.78, 5) is 6.82. The smallest absolute Gasteiger partial charge is 0.239 e. The molecular formula is C15H23N3O2. The van der Waals surface area contributed by atoms with Crippen molar-refractivity contribution in [3.63, 3.8) is 0 Å². The lowest BCUT2D eigenvalue weighted by atomic mass is 10.1. The summed E-state index contributed by atoms with van der Waals surface area (Å²) in [6, 6.07) is 3.84. The van der Waals surface area contributed by atoms with E-state index < -0.39 is 0 Å². The van der Waals surface area contributed by atoms with Gasteiger partial charge in [0.15, 0.2) is 0 Å². The van der Waals surface area contributed by atoms with Crippen LogP contribution in [-0.2, 0) is 0 Å². The SMILES string of the molecule is Nc1ccc(N2CCC(CCO)C2)nc1OCC1CC1. The Morgan fingerprint density at radius 2 is 2.15 bits per heavy atom. The van der Waals surface area contributed by atoms with E-state index in [2.05, 4.69) is 9.88 Å². The van der Waals surface area contributed by atoms with E-state index in [1.807, 2.05) is 12.1 Å². The quantitative estimate of drug-likeness (QED) is 0.827. The number of rotatable bonds is 6. The molecule has 2 fully saturated rings. The van der Waals surface area contributed by atoms with Gasteiger partial charge >= 0.3 is 0 Å². The molecule has 0 bridgehead atoms. The lowest BCUT2D eigenvalue weighted by Crippen LogP contribution is -2.21. The zero-order chi connectivity index (χ0) is 13.9. The van der Waals surface area contributed by atoms with Crippen LogP contribution in [0.2, 0.25) is 0 Å². The number of nitrogens with two attached hydrogens (primary N) is 1. The number of aliphatic hydroxyl groups excluding tert-OH is 1. The minimum atomic E-state index is 0.267. The van der Waals surface area contributed by atoms with Crippen molar-refractivity contribution in [3.05, 3.63) is 12.1 Å². The molecule has 0 amide bonds. The van der Waals surface area contributed by atoms with Crippen molar-refractivity contribution in [3.8, 4) is 5.88 Å². The summed E-state index contributed by atoms with van der Waals surface area (Å²) in [5.74, 6) is 2.77. The summed E-state index contributed by atoms with van der Waals surface area (Å²) in [7, 11) is 0. The van der Waals surface area contributed by atoms with Crippen LogP contribution in [0.4, 0.5) is 11.5 Å². The van der Waals surface area contributed by atoms with Gasteiger partial charge in [-0.15, -0.1) is 0 Å². The Balaban J connectivity index is 1.65. The third-order valence-electron chi connectivity index (χ3n) is 4.17. The molecule has 1 saturated carbocycles. The summed E-state index contributed by atoms with van der Waals surface area (Å²) in [6.07, 6.45) is 4.50. The Bertz CT molecular complexity index is 462. The van der Waals surface area contributed by atoms with Gasteiger partial charge in [0, 0.05) is 19.7 Å². The maximum absolute atomic E-state index is 9.02. The molecule has 1 saturated heterocycles. The van der Waals surface area contributed by atoms with Crippen molar-refractivity contribution < 1.29 is 9.84 Å². The van der Waals surface area contributed by atoms with E-state index >= 15 is 0 Å². The maximum Gasteiger partial charge on any atom is 0.239 e. The highest BCUT2D eigenvalue weighted by Gasteiger charge is 2.25. The van der Waals surface area contributed by atoms with Gasteiger partial charge in [0.2, 0.25) is 5.88 Å². The number of hydrogen-bond donors (Lipinski definition) is 2. The summed E-state index contributed by atoms with van der Waals surface area (Å²) in [5, 5.41) is 9.02. The molecular weight excluding hydrogens is 254 g/mol. The van der Waals surface area contributed by atoms with Crippen LogP contribution in [0.25, 0.3) is 0 Å². The molecule has 1 unspecified atom stereocenters. The zero-order valence-electron chi connectivity index (χ0n) is 11.8. The van der Waals surface area contributed by atoms with Crippen molar-refractivity contribution in [2.45, 2.75) is 25.7 Å². The van der Waals surface area contributed by atoms with Crippen molar-refractivity contribution in [1.29, 1.82) is 0 Å². The van der Waals surface area contributed by atoms with Gasteiger partial charge in [-0.3, -0.25) is 0 Å². The molecule has 20 heavy (non-hydrogen) atoms. The predicted octanol–water partition coefficient (Wildman–Crippen LogP) is 1.66. The van der Waals surface area contributed by atoms with Crippen molar-refractivity contribution >= 4 is 11.5 Å². The second-order valence-corrected chi connectivity index (χ2v) is 5.93. The highest BCUT2D eigenvalue weighted by Crippen LogP contribution is 2.32. The van der Waals surface area contributed by atoms with E-state index in [4.69, 9.17) is 15.6 Å². The summed E-state index contributed by atoms with van der Waals surface area (Å²) in [5.41, 5.74) is 6.54. The molecule has 1 aliphatic heterocycles. The van der Waals surface area contributed by atoms with Gasteiger partial charge in [-0.25, -0.2) is 0 Å². The average Bonchev–Trinajstić information content (AvgIpc) is 3.16. The number of pyridine rings is 1. The summed E-state index contributed by atoms with van der Waals surface area (Å²) >= 11 is 0. The molecule has 2 heterocycles. The number of nitrogen functional groups attached to an aromatic ring is 1. The fourth-order valence-corrected chi connectivity index (χ4v) is 2.67. The number of ether oxygens (including phenoxy) is 1. The molecule has 1 atom stereocenters. The van der Waals surface area contributed by atoms with E-state index in [1.165, 1.54) is 12.8 Å². The third-order valence-corrected chi connectivity index (χ3v) is 4.17. The molecule has 3 N–H and O–H groups in total. The highest BCUT2D eigenvalue weighted by atomic mass is 16.5. The first-order valence-corrected chi connectivity index (χ1v) is 7.51. The topological polar surface area (TPSA) is 71.6 Å². The zero-order valence-corrected chi connectivity index (χ0v) is 11.8. The van der Waals surface area contributed by atoms with Gasteiger partial charge in [-0.05, 0) is 49.7 Å². The minimum absolute atomic E-state index is 0.267. The van der Waals surface area contributed by atoms with Crippen molar-refractivity contribution in [2.24, 2.45) is 11.8 Å². The number of nitrogens with zero attached hydrogens (tertiary/aromatic N) is 2. The second-order valence-electron chi connectivity index (χ2n) is 5.93. The molecule has 0 radical (unpaired) electrons. The summed E-state index contributed by atoms with van der Waals surface area (Å²) < 4.78 is 5.73. The largest absolute Gasteiger partial charge is 0.476 e. The molecule has 3 rings (SSSR count). The second kappa shape index (κ2) is 5.87. The lowest BCUT2D eigenvalue weighted by Gasteiger charge is -2.19. The molecule has 2 aliphatic rings. The van der Waals surface area contributed by atoms with E-state index in [0.717, 1.165) is 38.4 Å². The standard InChI is InChI=1S/C15H23N3O2/c16-13-3-4-14(17-15(13)20-10-12-1-2-12)18-7-5-11(9-18)6-8-19/h3-4,11-12,19H,1-2,5-10,16H2. The number of anilines is 2. The summed E-state index contributed by atoms with van der Waals surface area (Å²) in [6.45, 7) is 2.94. The van der Waals surface area contributed by atoms with E-state index in [1.54, 1.807) is 0 Å². The van der Waals surface area contributed by atoms with Crippen LogP contribution in [0.5, 0.6) is 5.88 Å². The first-order valence-electron chi connectivity index (χ1n) is 7.51. The molecule has 1 aliphatic carbocycles. The van der Waals surface area contributed by atoms with Crippen molar-refractivity contribution in [2.75, 3.05) is 36.9 Å². The van der Waals surface area contributed by atoms with Gasteiger partial charge in [0.1, 0.15) is 5.82 Å². The Hall–Kier alpha value is -1.49. The van der Waals surface area contributed by atoms with Crippen LogP contribution in [0.3, 0.4) is 0 Å². The lowest BCUT2D eigenvalue weighted by molar-refractivity contribution is 0.263. The molecule has 5 nitrogen and oxygen atoms in total. The fraction of sp³-hybridized carbons (Fsp3) is 0.667. The predicted molar refractivity (Wildman–Crippen MR) is 78.9 cm³/mol. The molecule has 0 spiro atoms. The average molecular weight is 277 g/mol. The molecule has 1 aromatic heterocycles. The van der Waals surface area contributed by atoms with Crippen molar-refractivity contribution in [1.82, 2.24) is 4.98 Å². The van der Waals surface area contributed by atoms with Gasteiger partial charge in [0.05, 0.1) is 12.3 Å². The highest BCUT2D eigenvalue weighted by molar-refractivity contribution is 5.55. The van der Waals surface area contributed by atoms with Crippen LogP contribution in [0, 0.1) is 11.8 Å². The first-order chi connectivity index (χ1) is 9.76. The van der Waals surface area contributed by atoms with Gasteiger partial charge in [0.25, 0.3) is 0 Å². The maximum atomic E-state index is 9.02. The molecule has 5 heteroatoms. The van der Waals surface area contributed by atoms with E-state index in [0.29, 0.717) is 23.4 Å². The Morgan fingerprint density at radius 3 is 2.90 bits per heavy atom. The number of aliphatic hydroxyl groups is 1. The molecule has 110 valence electrons. The number of hydrogen-bond acceptors (Lipinski definition) is 5. The van der Waals surface area contributed by atoms with Crippen LogP contribution >= 0.6 is 0 Å². The van der Waals surface area contributed by atoms with Gasteiger partial charge in [-0.1, -0.05) is 0 Å². The molecule has 0 aromatic carbocycles. The van der Waals surface area contributed by atoms with E-state index in [9.17, 15) is 0 Å². The van der Waals surface area contributed by atoms with Crippen LogP contribution in [0.1, 0.15) is 25.7 Å². The Morgan fingerprint density at radius 1 is 1.30 bits per heavy atom. The van der Waals surface area contributed by atoms with Gasteiger partial charge < -0.3 is 20.5 Å². The van der Waals surface area contributed by atoms with E-state index in [-0.39, 0.29) is 6.61 Å². The Kier molecular flexibility index (Phi) is 3.96. The normalized spacial score (nSPS) is 22.2. The first kappa shape index (κ1) is 13.5. The minimum Gasteiger partial charge on any atom is -0.476 e. The number of aromatic nitrogens is 1. The molecule has 1 aromatic rings. The van der Waals surface area contributed by atoms with Crippen LogP contribution in [-0.4, -0.2) is 36.4 Å². The fourth-order valence-electron chi connectivity index (χ4n) is 2.67. The third kappa shape index (κ3) is 3.15. The van der Waals surface area contributed by atoms with Crippen LogP contribution < -0.4 is 15.4 Å². The Labute approximate surface area is 119 Å².